The SMILES string of the molecule is O=c1cc(CN(CC2CCN(C3CCCC3)CC2)C[C@H]2CCCO2)[nH]c2ccccc12. The van der Waals surface area contributed by atoms with E-state index in [0.717, 1.165) is 61.2 Å². The Morgan fingerprint density at radius 2 is 1.81 bits per heavy atom. The minimum atomic E-state index is 0.117. The van der Waals surface area contributed by atoms with Crippen LogP contribution < -0.4 is 5.43 Å². The second kappa shape index (κ2) is 9.85. The third-order valence-corrected chi connectivity index (χ3v) is 7.68. The normalized spacial score (nSPS) is 24.0. The van der Waals surface area contributed by atoms with Crippen LogP contribution in [0.25, 0.3) is 10.9 Å². The van der Waals surface area contributed by atoms with Crippen molar-refractivity contribution in [2.45, 2.75) is 70.1 Å². The summed E-state index contributed by atoms with van der Waals surface area (Å²) in [5, 5.41) is 0.774. The van der Waals surface area contributed by atoms with Gasteiger partial charge in [0.2, 0.25) is 0 Å². The average molecular weight is 424 g/mol. The number of nitrogens with zero attached hydrogens (tertiary/aromatic N) is 2. The molecular formula is C26H37N3O2. The zero-order valence-corrected chi connectivity index (χ0v) is 18.7. The summed E-state index contributed by atoms with van der Waals surface area (Å²) in [5.41, 5.74) is 2.07. The van der Waals surface area contributed by atoms with E-state index in [1.165, 1.54) is 58.0 Å². The number of aromatic amines is 1. The monoisotopic (exact) mass is 423 g/mol. The van der Waals surface area contributed by atoms with Gasteiger partial charge in [0, 0.05) is 54.9 Å². The Labute approximate surface area is 185 Å². The van der Waals surface area contributed by atoms with Crippen LogP contribution in [0.15, 0.2) is 35.1 Å². The van der Waals surface area contributed by atoms with Crippen LogP contribution in [0.3, 0.4) is 0 Å². The number of nitrogens with one attached hydrogen (secondary N) is 1. The van der Waals surface area contributed by atoms with Gasteiger partial charge in [0.05, 0.1) is 6.10 Å². The van der Waals surface area contributed by atoms with Gasteiger partial charge in [-0.3, -0.25) is 9.69 Å². The van der Waals surface area contributed by atoms with Crippen LogP contribution in [0.4, 0.5) is 0 Å². The molecule has 5 rings (SSSR count). The van der Waals surface area contributed by atoms with E-state index < -0.39 is 0 Å². The summed E-state index contributed by atoms with van der Waals surface area (Å²) in [6.07, 6.45) is 10.9. The third kappa shape index (κ3) is 5.21. The Balaban J connectivity index is 1.25. The fourth-order valence-corrected chi connectivity index (χ4v) is 5.99. The van der Waals surface area contributed by atoms with Crippen molar-refractivity contribution in [3.8, 4) is 0 Å². The fraction of sp³-hybridized carbons (Fsp3) is 0.654. The molecule has 168 valence electrons. The van der Waals surface area contributed by atoms with Crippen molar-refractivity contribution >= 4 is 10.9 Å². The predicted octanol–water partition coefficient (Wildman–Crippen LogP) is 4.16. The zero-order chi connectivity index (χ0) is 21.0. The van der Waals surface area contributed by atoms with Gasteiger partial charge in [0.15, 0.2) is 5.43 Å². The number of piperidine rings is 1. The Morgan fingerprint density at radius 1 is 1.00 bits per heavy atom. The van der Waals surface area contributed by atoms with Gasteiger partial charge < -0.3 is 14.6 Å². The molecule has 1 N–H and O–H groups in total. The van der Waals surface area contributed by atoms with Crippen LogP contribution in [-0.2, 0) is 11.3 Å². The molecule has 0 spiro atoms. The Bertz CT molecular complexity index is 906. The summed E-state index contributed by atoms with van der Waals surface area (Å²) in [5.74, 6) is 0.742. The first-order valence-corrected chi connectivity index (χ1v) is 12.4. The van der Waals surface area contributed by atoms with Crippen molar-refractivity contribution in [1.29, 1.82) is 0 Å². The highest BCUT2D eigenvalue weighted by Gasteiger charge is 2.29. The molecule has 0 amide bonds. The maximum absolute atomic E-state index is 12.6. The van der Waals surface area contributed by atoms with Gasteiger partial charge in [-0.1, -0.05) is 25.0 Å². The molecule has 1 aliphatic carbocycles. The molecule has 3 fully saturated rings. The molecule has 2 aliphatic heterocycles. The van der Waals surface area contributed by atoms with Crippen molar-refractivity contribution < 1.29 is 4.74 Å². The number of benzene rings is 1. The van der Waals surface area contributed by atoms with Gasteiger partial charge in [-0.2, -0.15) is 0 Å². The molecule has 0 bridgehead atoms. The van der Waals surface area contributed by atoms with Gasteiger partial charge in [-0.15, -0.1) is 0 Å². The van der Waals surface area contributed by atoms with Crippen molar-refractivity contribution in [2.75, 3.05) is 32.8 Å². The maximum Gasteiger partial charge on any atom is 0.189 e. The lowest BCUT2D eigenvalue weighted by Gasteiger charge is -2.38. The Kier molecular flexibility index (Phi) is 6.72. The Morgan fingerprint density at radius 3 is 2.58 bits per heavy atom. The number of pyridine rings is 1. The molecule has 5 nitrogen and oxygen atoms in total. The lowest BCUT2D eigenvalue weighted by Crippen LogP contribution is -2.43. The zero-order valence-electron chi connectivity index (χ0n) is 18.7. The number of rotatable bonds is 7. The van der Waals surface area contributed by atoms with Crippen LogP contribution in [0.1, 0.15) is 57.1 Å². The summed E-state index contributed by atoms with van der Waals surface area (Å²) < 4.78 is 5.97. The largest absolute Gasteiger partial charge is 0.377 e. The molecule has 1 atom stereocenters. The van der Waals surface area contributed by atoms with Crippen molar-refractivity contribution in [3.63, 3.8) is 0 Å². The number of H-pyrrole nitrogens is 1. The smallest absolute Gasteiger partial charge is 0.189 e. The summed E-state index contributed by atoms with van der Waals surface area (Å²) >= 11 is 0. The fourth-order valence-electron chi connectivity index (χ4n) is 5.99. The molecular weight excluding hydrogens is 386 g/mol. The highest BCUT2D eigenvalue weighted by Crippen LogP contribution is 2.28. The third-order valence-electron chi connectivity index (χ3n) is 7.68. The minimum absolute atomic E-state index is 0.117. The number of aromatic nitrogens is 1. The van der Waals surface area contributed by atoms with E-state index >= 15 is 0 Å². The van der Waals surface area contributed by atoms with Crippen molar-refractivity contribution in [3.05, 3.63) is 46.2 Å². The van der Waals surface area contributed by atoms with E-state index in [4.69, 9.17) is 4.74 Å². The molecule has 31 heavy (non-hydrogen) atoms. The van der Waals surface area contributed by atoms with E-state index in [0.29, 0.717) is 6.10 Å². The molecule has 2 saturated heterocycles. The van der Waals surface area contributed by atoms with E-state index in [-0.39, 0.29) is 5.43 Å². The molecule has 0 radical (unpaired) electrons. The second-order valence-electron chi connectivity index (χ2n) is 9.95. The number of likely N-dealkylation sites (tertiary alicyclic amines) is 1. The van der Waals surface area contributed by atoms with E-state index in [9.17, 15) is 4.79 Å². The lowest BCUT2D eigenvalue weighted by atomic mass is 9.94. The number of ether oxygens (including phenoxy) is 1. The average Bonchev–Trinajstić information content (AvgIpc) is 3.49. The molecule has 5 heteroatoms. The van der Waals surface area contributed by atoms with Crippen LogP contribution in [0, 0.1) is 5.92 Å². The summed E-state index contributed by atoms with van der Waals surface area (Å²) in [6, 6.07) is 10.5. The number of para-hydroxylation sites is 1. The molecule has 1 aromatic carbocycles. The Hall–Kier alpha value is -1.69. The van der Waals surface area contributed by atoms with Gasteiger partial charge in [-0.25, -0.2) is 0 Å². The summed E-state index contributed by atoms with van der Waals surface area (Å²) in [4.78, 5) is 21.4. The highest BCUT2D eigenvalue weighted by molar-refractivity contribution is 5.78. The lowest BCUT2D eigenvalue weighted by molar-refractivity contribution is 0.0536. The molecule has 3 heterocycles. The van der Waals surface area contributed by atoms with E-state index in [1.54, 1.807) is 6.07 Å². The van der Waals surface area contributed by atoms with Crippen molar-refractivity contribution in [2.24, 2.45) is 5.92 Å². The number of fused-ring (bicyclic) bond motifs is 1. The number of hydrogen-bond acceptors (Lipinski definition) is 4. The standard InChI is InChI=1S/C26H37N3O2/c30-26-16-21(27-25-10-4-3-9-24(25)26)18-28(19-23-8-5-15-31-23)17-20-11-13-29(14-12-20)22-6-1-2-7-22/h3-4,9-10,16,20,22-23H,1-2,5-8,11-15,17-19H2,(H,27,30)/t23-/m1/s1. The quantitative estimate of drug-likeness (QED) is 0.726. The maximum atomic E-state index is 12.6. The van der Waals surface area contributed by atoms with Crippen LogP contribution in [0.2, 0.25) is 0 Å². The minimum Gasteiger partial charge on any atom is -0.377 e. The van der Waals surface area contributed by atoms with Gasteiger partial charge in [0.25, 0.3) is 0 Å². The van der Waals surface area contributed by atoms with Crippen molar-refractivity contribution in [1.82, 2.24) is 14.8 Å². The molecule has 1 aromatic heterocycles. The molecule has 1 saturated carbocycles. The first-order chi connectivity index (χ1) is 15.2. The summed E-state index contributed by atoms with van der Waals surface area (Å²) in [7, 11) is 0. The molecule has 2 aromatic rings. The van der Waals surface area contributed by atoms with Crippen LogP contribution in [0.5, 0.6) is 0 Å². The first kappa shape index (κ1) is 21.2. The second-order valence-corrected chi connectivity index (χ2v) is 9.95. The van der Waals surface area contributed by atoms with Gasteiger partial charge >= 0.3 is 0 Å². The van der Waals surface area contributed by atoms with Gasteiger partial charge in [-0.05, 0) is 69.7 Å². The van der Waals surface area contributed by atoms with Gasteiger partial charge in [0.1, 0.15) is 0 Å². The highest BCUT2D eigenvalue weighted by atomic mass is 16.5. The van der Waals surface area contributed by atoms with E-state index in [2.05, 4.69) is 14.8 Å². The molecule has 0 unspecified atom stereocenters. The van der Waals surface area contributed by atoms with E-state index in [1.807, 2.05) is 24.3 Å². The molecule has 3 aliphatic rings. The first-order valence-electron chi connectivity index (χ1n) is 12.4. The summed E-state index contributed by atoms with van der Waals surface area (Å²) in [6.45, 7) is 6.28. The van der Waals surface area contributed by atoms with Crippen LogP contribution >= 0.6 is 0 Å². The number of hydrogen-bond donors (Lipinski definition) is 1. The predicted molar refractivity (Wildman–Crippen MR) is 125 cm³/mol. The van der Waals surface area contributed by atoms with Crippen LogP contribution in [-0.4, -0.2) is 59.7 Å². The topological polar surface area (TPSA) is 48.6 Å².